The van der Waals surface area contributed by atoms with E-state index in [1.54, 1.807) is 0 Å². The van der Waals surface area contributed by atoms with E-state index < -0.39 is 0 Å². The maximum atomic E-state index is 4.13. The molecule has 0 aliphatic heterocycles. The topological polar surface area (TPSA) is 25.8 Å². The quantitative estimate of drug-likeness (QED) is 0.802. The monoisotopic (exact) mass is 278 g/mol. The van der Waals surface area contributed by atoms with E-state index in [4.69, 9.17) is 0 Å². The van der Waals surface area contributed by atoms with Crippen LogP contribution in [0.15, 0.2) is 30.5 Å². The maximum Gasteiger partial charge on any atom is 0.0932 e. The van der Waals surface area contributed by atoms with E-state index in [0.717, 1.165) is 11.9 Å². The van der Waals surface area contributed by atoms with Gasteiger partial charge < -0.3 is 0 Å². The zero-order valence-corrected chi connectivity index (χ0v) is 11.1. The molecular weight excluding hydrogens is 264 g/mol. The van der Waals surface area contributed by atoms with Gasteiger partial charge in [-0.15, -0.1) is 0 Å². The lowest BCUT2D eigenvalue weighted by molar-refractivity contribution is 0.613. The van der Waals surface area contributed by atoms with Crippen molar-refractivity contribution < 1.29 is 0 Å². The zero-order valence-electron chi connectivity index (χ0n) is 9.52. The summed E-state index contributed by atoms with van der Waals surface area (Å²) in [4.78, 5) is 0.486. The highest BCUT2D eigenvalue weighted by atomic mass is 79.9. The van der Waals surface area contributed by atoms with Crippen LogP contribution in [-0.2, 0) is 6.42 Å². The first-order valence-electron chi connectivity index (χ1n) is 5.52. The van der Waals surface area contributed by atoms with Crippen molar-refractivity contribution in [1.29, 1.82) is 0 Å². The van der Waals surface area contributed by atoms with Crippen LogP contribution >= 0.6 is 15.9 Å². The molecule has 0 bridgehead atoms. The number of alkyl halides is 1. The van der Waals surface area contributed by atoms with Crippen molar-refractivity contribution >= 4 is 26.8 Å². The zero-order chi connectivity index (χ0) is 11.5. The molecule has 1 aromatic heterocycles. The third-order valence-corrected chi connectivity index (χ3v) is 4.15. The van der Waals surface area contributed by atoms with Crippen molar-refractivity contribution in [3.8, 4) is 0 Å². The normalized spacial score (nSPS) is 13.2. The summed E-state index contributed by atoms with van der Waals surface area (Å²) in [6, 6.07) is 8.16. The fraction of sp³-hybridized carbons (Fsp3) is 0.385. The van der Waals surface area contributed by atoms with E-state index in [1.165, 1.54) is 10.9 Å². The summed E-state index contributed by atoms with van der Waals surface area (Å²) in [6.45, 7) is 4.44. The Morgan fingerprint density at radius 3 is 2.75 bits per heavy atom. The molecule has 0 spiro atoms. The Kier molecular flexibility index (Phi) is 3.54. The molecule has 2 nitrogen and oxygen atoms in total. The molecule has 1 atom stereocenters. The lowest BCUT2D eigenvalue weighted by Gasteiger charge is -2.14. The minimum absolute atomic E-state index is 0.486. The molecule has 0 saturated carbocycles. The summed E-state index contributed by atoms with van der Waals surface area (Å²) >= 11 is 3.72. The van der Waals surface area contributed by atoms with Crippen LogP contribution in [0.1, 0.15) is 19.4 Å². The Balaban J connectivity index is 2.37. The molecule has 3 heteroatoms. The highest BCUT2D eigenvalue weighted by molar-refractivity contribution is 9.09. The number of nitrogens with zero attached hydrogens (tertiary/aromatic N) is 2. The van der Waals surface area contributed by atoms with Gasteiger partial charge in [0.15, 0.2) is 0 Å². The lowest BCUT2D eigenvalue weighted by Crippen LogP contribution is -2.11. The Morgan fingerprint density at radius 2 is 2.00 bits per heavy atom. The summed E-state index contributed by atoms with van der Waals surface area (Å²) in [7, 11) is 0. The van der Waals surface area contributed by atoms with Gasteiger partial charge in [0.25, 0.3) is 0 Å². The van der Waals surface area contributed by atoms with Crippen LogP contribution in [-0.4, -0.2) is 15.0 Å². The first-order valence-corrected chi connectivity index (χ1v) is 6.43. The van der Waals surface area contributed by atoms with E-state index in [-0.39, 0.29) is 0 Å². The summed E-state index contributed by atoms with van der Waals surface area (Å²) in [6.07, 6.45) is 2.87. The molecule has 0 aliphatic carbocycles. The number of benzene rings is 1. The van der Waals surface area contributed by atoms with Crippen molar-refractivity contribution in [2.75, 3.05) is 0 Å². The molecule has 16 heavy (non-hydrogen) atoms. The molecule has 0 fully saturated rings. The highest BCUT2D eigenvalue weighted by Crippen LogP contribution is 2.22. The van der Waals surface area contributed by atoms with Crippen LogP contribution in [0.25, 0.3) is 10.9 Å². The van der Waals surface area contributed by atoms with Gasteiger partial charge in [-0.1, -0.05) is 48.0 Å². The predicted molar refractivity (Wildman–Crippen MR) is 70.8 cm³/mol. The second kappa shape index (κ2) is 4.91. The Hall–Kier alpha value is -0.960. The third kappa shape index (κ3) is 2.40. The van der Waals surface area contributed by atoms with E-state index in [2.05, 4.69) is 46.0 Å². The van der Waals surface area contributed by atoms with E-state index >= 15 is 0 Å². The van der Waals surface area contributed by atoms with Crippen molar-refractivity contribution in [1.82, 2.24) is 10.2 Å². The Labute approximate surface area is 104 Å². The van der Waals surface area contributed by atoms with Gasteiger partial charge in [-0.25, -0.2) is 0 Å². The highest BCUT2D eigenvalue weighted by Gasteiger charge is 2.12. The van der Waals surface area contributed by atoms with Crippen molar-refractivity contribution in [2.24, 2.45) is 5.92 Å². The van der Waals surface area contributed by atoms with E-state index in [1.807, 2.05) is 24.4 Å². The van der Waals surface area contributed by atoms with E-state index in [0.29, 0.717) is 10.7 Å². The second-order valence-electron chi connectivity index (χ2n) is 4.35. The first kappa shape index (κ1) is 11.5. The molecule has 2 rings (SSSR count). The van der Waals surface area contributed by atoms with Crippen LogP contribution in [0.2, 0.25) is 0 Å². The molecular formula is C13H15BrN2. The van der Waals surface area contributed by atoms with Crippen LogP contribution in [0, 0.1) is 5.92 Å². The summed E-state index contributed by atoms with van der Waals surface area (Å²) in [5.74, 6) is 0.618. The van der Waals surface area contributed by atoms with Crippen molar-refractivity contribution in [3.05, 3.63) is 36.0 Å². The minimum Gasteiger partial charge on any atom is -0.158 e. The van der Waals surface area contributed by atoms with Gasteiger partial charge in [-0.05, 0) is 24.0 Å². The molecule has 0 radical (unpaired) electrons. The van der Waals surface area contributed by atoms with Gasteiger partial charge in [-0.2, -0.15) is 10.2 Å². The summed E-state index contributed by atoms with van der Waals surface area (Å²) in [5, 5.41) is 9.39. The first-order chi connectivity index (χ1) is 7.68. The van der Waals surface area contributed by atoms with Gasteiger partial charge in [0, 0.05) is 10.2 Å². The summed E-state index contributed by atoms with van der Waals surface area (Å²) in [5.41, 5.74) is 2.24. The molecule has 1 unspecified atom stereocenters. The predicted octanol–water partition coefficient (Wildman–Crippen LogP) is 3.59. The molecule has 0 N–H and O–H groups in total. The van der Waals surface area contributed by atoms with Crippen molar-refractivity contribution in [2.45, 2.75) is 25.1 Å². The number of aromatic nitrogens is 2. The molecule has 1 aromatic carbocycles. The lowest BCUT2D eigenvalue weighted by atomic mass is 10.0. The third-order valence-electron chi connectivity index (χ3n) is 2.77. The molecule has 0 amide bonds. The van der Waals surface area contributed by atoms with Gasteiger partial charge in [0.1, 0.15) is 0 Å². The number of rotatable bonds is 3. The van der Waals surface area contributed by atoms with Gasteiger partial charge in [-0.3, -0.25) is 0 Å². The Bertz CT molecular complexity index is 477. The fourth-order valence-corrected chi connectivity index (χ4v) is 2.02. The number of hydrogen-bond acceptors (Lipinski definition) is 2. The number of hydrogen-bond donors (Lipinski definition) is 0. The SMILES string of the molecule is CC(C)C(Br)Cc1cnnc2ccccc12. The minimum atomic E-state index is 0.486. The number of halogens is 1. The molecule has 0 aliphatic rings. The van der Waals surface area contributed by atoms with Crippen LogP contribution in [0.4, 0.5) is 0 Å². The van der Waals surface area contributed by atoms with Crippen LogP contribution in [0.3, 0.4) is 0 Å². The number of fused-ring (bicyclic) bond motifs is 1. The van der Waals surface area contributed by atoms with Crippen LogP contribution in [0.5, 0.6) is 0 Å². The largest absolute Gasteiger partial charge is 0.158 e. The Morgan fingerprint density at radius 1 is 1.25 bits per heavy atom. The standard InChI is InChI=1S/C13H15BrN2/c1-9(2)12(14)7-10-8-15-16-13-6-4-3-5-11(10)13/h3-6,8-9,12H,7H2,1-2H3. The van der Waals surface area contributed by atoms with Crippen molar-refractivity contribution in [3.63, 3.8) is 0 Å². The average molecular weight is 279 g/mol. The summed E-state index contributed by atoms with van der Waals surface area (Å²) < 4.78 is 0. The van der Waals surface area contributed by atoms with E-state index in [9.17, 15) is 0 Å². The molecule has 1 heterocycles. The maximum absolute atomic E-state index is 4.13. The fourth-order valence-electron chi connectivity index (χ4n) is 1.67. The smallest absolute Gasteiger partial charge is 0.0932 e. The van der Waals surface area contributed by atoms with Crippen LogP contribution < -0.4 is 0 Å². The van der Waals surface area contributed by atoms with Gasteiger partial charge in [0.05, 0.1) is 11.7 Å². The van der Waals surface area contributed by atoms with Gasteiger partial charge in [0.2, 0.25) is 0 Å². The molecule has 84 valence electrons. The second-order valence-corrected chi connectivity index (χ2v) is 5.53. The molecule has 0 saturated heterocycles. The average Bonchev–Trinajstić information content (AvgIpc) is 2.29. The molecule has 2 aromatic rings. The van der Waals surface area contributed by atoms with Gasteiger partial charge >= 0.3 is 0 Å².